The molecule has 0 unspecified atom stereocenters. The van der Waals surface area contributed by atoms with Crippen molar-refractivity contribution in [2.45, 2.75) is 13.0 Å². The Labute approximate surface area is 167 Å². The maximum absolute atomic E-state index is 12.3. The topological polar surface area (TPSA) is 87.0 Å². The number of hydrogen-bond acceptors (Lipinski definition) is 3. The van der Waals surface area contributed by atoms with E-state index in [2.05, 4.69) is 21.4 Å². The number of benzene rings is 2. The van der Waals surface area contributed by atoms with Crippen LogP contribution in [0.1, 0.15) is 21.6 Å². The number of para-hydroxylation sites is 1. The Morgan fingerprint density at radius 2 is 1.76 bits per heavy atom. The molecule has 0 atom stereocenters. The fourth-order valence-corrected chi connectivity index (χ4v) is 3.18. The Bertz CT molecular complexity index is 1180. The van der Waals surface area contributed by atoms with E-state index in [0.717, 1.165) is 22.0 Å². The smallest absolute Gasteiger partial charge is 0.267 e. The predicted molar refractivity (Wildman–Crippen MR) is 112 cm³/mol. The average Bonchev–Trinajstić information content (AvgIpc) is 3.17. The normalized spacial score (nSPS) is 10.8. The lowest BCUT2D eigenvalue weighted by Crippen LogP contribution is -2.27. The second kappa shape index (κ2) is 8.48. The van der Waals surface area contributed by atoms with Crippen LogP contribution in [0.4, 0.5) is 0 Å². The fraction of sp³-hybridized carbons (Fsp3) is 0.130. The van der Waals surface area contributed by atoms with Crippen molar-refractivity contribution in [2.75, 3.05) is 6.54 Å². The molecule has 0 aliphatic heterocycles. The molecule has 0 bridgehead atoms. The van der Waals surface area contributed by atoms with Crippen LogP contribution in [0.5, 0.6) is 5.75 Å². The summed E-state index contributed by atoms with van der Waals surface area (Å²) in [5.74, 6) is -0.138. The van der Waals surface area contributed by atoms with E-state index in [4.69, 9.17) is 4.74 Å². The SMILES string of the molecule is O=C(NCCc1c[nH]c2ccccc12)c1cc(=O)c(OCc2ccccc2)c[nH]1. The Kier molecular flexibility index (Phi) is 5.42. The summed E-state index contributed by atoms with van der Waals surface area (Å²) < 4.78 is 5.55. The summed E-state index contributed by atoms with van der Waals surface area (Å²) in [6, 6.07) is 18.9. The molecular formula is C23H21N3O3. The van der Waals surface area contributed by atoms with Crippen LogP contribution in [0.15, 0.2) is 77.9 Å². The lowest BCUT2D eigenvalue weighted by Gasteiger charge is -2.08. The van der Waals surface area contributed by atoms with E-state index < -0.39 is 0 Å². The summed E-state index contributed by atoms with van der Waals surface area (Å²) in [5, 5.41) is 3.99. The first kappa shape index (κ1) is 18.6. The van der Waals surface area contributed by atoms with Gasteiger partial charge in [-0.2, -0.15) is 0 Å². The first-order valence-corrected chi connectivity index (χ1v) is 9.43. The summed E-state index contributed by atoms with van der Waals surface area (Å²) in [6.45, 7) is 0.759. The van der Waals surface area contributed by atoms with E-state index in [-0.39, 0.29) is 22.8 Å². The van der Waals surface area contributed by atoms with Crippen molar-refractivity contribution in [3.05, 3.63) is 100 Å². The first-order chi connectivity index (χ1) is 14.2. The van der Waals surface area contributed by atoms with Crippen molar-refractivity contribution in [3.63, 3.8) is 0 Å². The predicted octanol–water partition coefficient (Wildman–Crippen LogP) is 3.41. The van der Waals surface area contributed by atoms with Crippen molar-refractivity contribution in [3.8, 4) is 5.75 Å². The summed E-state index contributed by atoms with van der Waals surface area (Å²) in [7, 11) is 0. The molecule has 1 amide bonds. The van der Waals surface area contributed by atoms with E-state index in [9.17, 15) is 9.59 Å². The molecule has 2 aromatic heterocycles. The maximum atomic E-state index is 12.3. The largest absolute Gasteiger partial charge is 0.483 e. The highest BCUT2D eigenvalue weighted by atomic mass is 16.5. The highest BCUT2D eigenvalue weighted by Crippen LogP contribution is 2.17. The minimum atomic E-state index is -0.332. The van der Waals surface area contributed by atoms with Gasteiger partial charge in [0.2, 0.25) is 5.43 Å². The zero-order valence-electron chi connectivity index (χ0n) is 15.8. The van der Waals surface area contributed by atoms with Gasteiger partial charge in [0, 0.05) is 35.9 Å². The molecule has 2 heterocycles. The van der Waals surface area contributed by atoms with Crippen LogP contribution in [0.25, 0.3) is 10.9 Å². The minimum Gasteiger partial charge on any atom is -0.483 e. The molecule has 4 aromatic rings. The van der Waals surface area contributed by atoms with Crippen LogP contribution in [0.2, 0.25) is 0 Å². The zero-order valence-corrected chi connectivity index (χ0v) is 15.8. The third-order valence-electron chi connectivity index (χ3n) is 4.71. The van der Waals surface area contributed by atoms with E-state index >= 15 is 0 Å². The number of rotatable bonds is 7. The van der Waals surface area contributed by atoms with Crippen LogP contribution < -0.4 is 15.5 Å². The van der Waals surface area contributed by atoms with Gasteiger partial charge < -0.3 is 20.0 Å². The summed E-state index contributed by atoms with van der Waals surface area (Å²) in [4.78, 5) is 30.7. The van der Waals surface area contributed by atoms with Gasteiger partial charge in [-0.15, -0.1) is 0 Å². The monoisotopic (exact) mass is 387 g/mol. The van der Waals surface area contributed by atoms with Gasteiger partial charge in [0.25, 0.3) is 5.91 Å². The molecule has 6 heteroatoms. The van der Waals surface area contributed by atoms with Crippen molar-refractivity contribution in [1.82, 2.24) is 15.3 Å². The zero-order chi connectivity index (χ0) is 20.1. The molecule has 0 fully saturated rings. The summed E-state index contributed by atoms with van der Waals surface area (Å²) in [6.07, 6.45) is 4.08. The molecule has 2 aromatic carbocycles. The van der Waals surface area contributed by atoms with Crippen molar-refractivity contribution in [1.29, 1.82) is 0 Å². The van der Waals surface area contributed by atoms with E-state index in [1.54, 1.807) is 0 Å². The quantitative estimate of drug-likeness (QED) is 0.454. The number of fused-ring (bicyclic) bond motifs is 1. The van der Waals surface area contributed by atoms with Crippen molar-refractivity contribution >= 4 is 16.8 Å². The summed E-state index contributed by atoms with van der Waals surface area (Å²) >= 11 is 0. The lowest BCUT2D eigenvalue weighted by atomic mass is 10.1. The maximum Gasteiger partial charge on any atom is 0.267 e. The van der Waals surface area contributed by atoms with E-state index in [0.29, 0.717) is 19.6 Å². The molecule has 0 saturated carbocycles. The Morgan fingerprint density at radius 1 is 0.966 bits per heavy atom. The number of pyridine rings is 1. The summed E-state index contributed by atoms with van der Waals surface area (Å²) in [5.41, 5.74) is 3.05. The molecule has 0 radical (unpaired) electrons. The molecule has 4 rings (SSSR count). The minimum absolute atomic E-state index is 0.184. The van der Waals surface area contributed by atoms with Gasteiger partial charge >= 0.3 is 0 Å². The van der Waals surface area contributed by atoms with Gasteiger partial charge in [-0.05, 0) is 23.6 Å². The van der Waals surface area contributed by atoms with Crippen molar-refractivity contribution < 1.29 is 9.53 Å². The molecular weight excluding hydrogens is 366 g/mol. The molecule has 29 heavy (non-hydrogen) atoms. The van der Waals surface area contributed by atoms with Gasteiger partial charge in [-0.3, -0.25) is 9.59 Å². The highest BCUT2D eigenvalue weighted by molar-refractivity contribution is 5.92. The lowest BCUT2D eigenvalue weighted by molar-refractivity contribution is 0.0949. The number of hydrogen-bond donors (Lipinski definition) is 3. The van der Waals surface area contributed by atoms with Crippen LogP contribution in [-0.4, -0.2) is 22.4 Å². The molecule has 6 nitrogen and oxygen atoms in total. The van der Waals surface area contributed by atoms with Crippen LogP contribution in [0, 0.1) is 0 Å². The van der Waals surface area contributed by atoms with Gasteiger partial charge in [0.15, 0.2) is 5.75 Å². The van der Waals surface area contributed by atoms with Crippen molar-refractivity contribution in [2.24, 2.45) is 0 Å². The molecule has 0 spiro atoms. The molecule has 0 aliphatic carbocycles. The number of nitrogens with one attached hydrogen (secondary N) is 3. The van der Waals surface area contributed by atoms with E-state index in [1.165, 1.54) is 12.3 Å². The second-order valence-corrected chi connectivity index (χ2v) is 6.71. The molecule has 0 aliphatic rings. The molecule has 146 valence electrons. The van der Waals surface area contributed by atoms with Crippen LogP contribution in [0.3, 0.4) is 0 Å². The number of carbonyl (C=O) groups excluding carboxylic acids is 1. The average molecular weight is 387 g/mol. The Morgan fingerprint density at radius 3 is 2.59 bits per heavy atom. The number of aromatic amines is 2. The van der Waals surface area contributed by atoms with Gasteiger partial charge in [-0.25, -0.2) is 0 Å². The number of carbonyl (C=O) groups is 1. The third kappa shape index (κ3) is 4.38. The Balaban J connectivity index is 1.34. The van der Waals surface area contributed by atoms with Gasteiger partial charge in [0.05, 0.1) is 0 Å². The molecule has 3 N–H and O–H groups in total. The number of aromatic nitrogens is 2. The Hall–Kier alpha value is -3.80. The number of ether oxygens (including phenoxy) is 1. The van der Waals surface area contributed by atoms with Crippen LogP contribution >= 0.6 is 0 Å². The number of H-pyrrole nitrogens is 2. The van der Waals surface area contributed by atoms with Crippen LogP contribution in [-0.2, 0) is 13.0 Å². The molecule has 0 saturated heterocycles. The standard InChI is InChI=1S/C23H21N3O3/c27-21-12-20(26-14-22(21)29-15-16-6-2-1-3-7-16)23(28)24-11-10-17-13-25-19-9-5-4-8-18(17)19/h1-9,12-14,25H,10-11,15H2,(H,24,28)(H,26,27). The second-order valence-electron chi connectivity index (χ2n) is 6.71. The van der Waals surface area contributed by atoms with Gasteiger partial charge in [-0.1, -0.05) is 48.5 Å². The third-order valence-corrected chi connectivity index (χ3v) is 4.71. The first-order valence-electron chi connectivity index (χ1n) is 9.43. The highest BCUT2D eigenvalue weighted by Gasteiger charge is 2.10. The van der Waals surface area contributed by atoms with Gasteiger partial charge in [0.1, 0.15) is 12.3 Å². The fourth-order valence-electron chi connectivity index (χ4n) is 3.18. The van der Waals surface area contributed by atoms with E-state index in [1.807, 2.05) is 54.7 Å². The number of amides is 1.